The van der Waals surface area contributed by atoms with Crippen molar-refractivity contribution in [1.29, 1.82) is 0 Å². The van der Waals surface area contributed by atoms with Gasteiger partial charge in [-0.15, -0.1) is 10.2 Å². The second-order valence-electron chi connectivity index (χ2n) is 9.37. The lowest BCUT2D eigenvalue weighted by Crippen LogP contribution is -2.44. The molecule has 1 aliphatic heterocycles. The normalized spacial score (nSPS) is 14.8. The molecule has 2 heterocycles. The first-order valence-corrected chi connectivity index (χ1v) is 11.8. The van der Waals surface area contributed by atoms with Gasteiger partial charge in [0.15, 0.2) is 5.82 Å². The maximum Gasteiger partial charge on any atom is 0.405 e. The predicted octanol–water partition coefficient (Wildman–Crippen LogP) is 3.51. The maximum atomic E-state index is 12.8. The minimum atomic E-state index is -4.60. The van der Waals surface area contributed by atoms with Crippen LogP contribution in [0.1, 0.15) is 35.9 Å². The molecule has 3 aromatic rings. The van der Waals surface area contributed by atoms with Crippen molar-refractivity contribution in [2.24, 2.45) is 0 Å². The second kappa shape index (κ2) is 10.3. The molecule has 2 aromatic carbocycles. The molecular formula is C25H29F3N6O3. The minimum Gasteiger partial charge on any atom is -0.508 e. The zero-order valence-corrected chi connectivity index (χ0v) is 20.7. The standard InChI is InChI=1S/C25H29F3N6O3/c1-15(2)18-12-19(21(36)13-20(18)35)22-30-31-23(24(37)29-14-25(26,27)28)34(22)17-6-4-16(5-7-17)33-10-8-32(3)9-11-33/h4-7,12-13,15,35-36H,8-11,14H2,1-3H3,(H,29,37). The van der Waals surface area contributed by atoms with Gasteiger partial charge in [-0.05, 0) is 48.9 Å². The van der Waals surface area contributed by atoms with Crippen molar-refractivity contribution in [3.05, 3.63) is 47.8 Å². The number of alkyl halides is 3. The van der Waals surface area contributed by atoms with Gasteiger partial charge in [-0.25, -0.2) is 0 Å². The number of carbonyl (C=O) groups is 1. The highest BCUT2D eigenvalue weighted by atomic mass is 19.4. The van der Waals surface area contributed by atoms with Crippen molar-refractivity contribution in [2.45, 2.75) is 25.9 Å². The van der Waals surface area contributed by atoms with Crippen LogP contribution in [0.3, 0.4) is 0 Å². The Labute approximate surface area is 212 Å². The Hall–Kier alpha value is -3.80. The van der Waals surface area contributed by atoms with E-state index in [1.807, 2.05) is 31.3 Å². The molecule has 3 N–H and O–H groups in total. The van der Waals surface area contributed by atoms with E-state index >= 15 is 0 Å². The molecule has 37 heavy (non-hydrogen) atoms. The fraction of sp³-hybridized carbons (Fsp3) is 0.400. The number of aromatic hydroxyl groups is 2. The van der Waals surface area contributed by atoms with Crippen LogP contribution in [0.25, 0.3) is 17.1 Å². The second-order valence-corrected chi connectivity index (χ2v) is 9.37. The summed E-state index contributed by atoms with van der Waals surface area (Å²) in [6, 6.07) is 9.87. The van der Waals surface area contributed by atoms with E-state index in [4.69, 9.17) is 0 Å². The van der Waals surface area contributed by atoms with Crippen LogP contribution in [0.15, 0.2) is 36.4 Å². The molecule has 9 nitrogen and oxygen atoms in total. The number of hydrogen-bond acceptors (Lipinski definition) is 7. The lowest BCUT2D eigenvalue weighted by Gasteiger charge is -2.34. The van der Waals surface area contributed by atoms with E-state index < -0.39 is 18.6 Å². The topological polar surface area (TPSA) is 107 Å². The molecule has 198 valence electrons. The van der Waals surface area contributed by atoms with Crippen molar-refractivity contribution in [3.8, 4) is 28.6 Å². The number of amides is 1. The van der Waals surface area contributed by atoms with E-state index in [9.17, 15) is 28.2 Å². The highest BCUT2D eigenvalue weighted by Gasteiger charge is 2.30. The summed E-state index contributed by atoms with van der Waals surface area (Å²) in [5.74, 6) is -1.92. The van der Waals surface area contributed by atoms with Gasteiger partial charge in [0.25, 0.3) is 5.91 Å². The largest absolute Gasteiger partial charge is 0.508 e. The Morgan fingerprint density at radius 3 is 2.22 bits per heavy atom. The smallest absolute Gasteiger partial charge is 0.405 e. The molecule has 4 rings (SSSR count). The average molecular weight is 519 g/mol. The van der Waals surface area contributed by atoms with Crippen LogP contribution in [0, 0.1) is 0 Å². The van der Waals surface area contributed by atoms with Gasteiger partial charge in [-0.3, -0.25) is 9.36 Å². The van der Waals surface area contributed by atoms with E-state index in [1.165, 1.54) is 16.7 Å². The predicted molar refractivity (Wildman–Crippen MR) is 132 cm³/mol. The summed E-state index contributed by atoms with van der Waals surface area (Å²) < 4.78 is 39.6. The van der Waals surface area contributed by atoms with Crippen molar-refractivity contribution in [2.75, 3.05) is 44.7 Å². The van der Waals surface area contributed by atoms with Crippen LogP contribution in [0.4, 0.5) is 18.9 Å². The maximum absolute atomic E-state index is 12.8. The highest BCUT2D eigenvalue weighted by Crippen LogP contribution is 2.38. The van der Waals surface area contributed by atoms with Crippen LogP contribution in [-0.2, 0) is 0 Å². The van der Waals surface area contributed by atoms with Crippen molar-refractivity contribution < 1.29 is 28.2 Å². The highest BCUT2D eigenvalue weighted by molar-refractivity contribution is 5.92. The number of piperazine rings is 1. The Morgan fingerprint density at radius 1 is 1.00 bits per heavy atom. The Morgan fingerprint density at radius 2 is 1.62 bits per heavy atom. The number of aromatic nitrogens is 3. The summed E-state index contributed by atoms with van der Waals surface area (Å²) in [5, 5.41) is 30.6. The molecule has 0 radical (unpaired) electrons. The number of benzene rings is 2. The van der Waals surface area contributed by atoms with E-state index in [0.717, 1.165) is 31.9 Å². The summed E-state index contributed by atoms with van der Waals surface area (Å²) >= 11 is 0. The third-order valence-electron chi connectivity index (χ3n) is 6.30. The van der Waals surface area contributed by atoms with Gasteiger partial charge in [0.05, 0.1) is 5.56 Å². The molecule has 1 saturated heterocycles. The fourth-order valence-electron chi connectivity index (χ4n) is 4.22. The van der Waals surface area contributed by atoms with E-state index in [-0.39, 0.29) is 34.6 Å². The molecule has 1 aromatic heterocycles. The molecule has 1 aliphatic rings. The lowest BCUT2D eigenvalue weighted by molar-refractivity contribution is -0.123. The lowest BCUT2D eigenvalue weighted by atomic mass is 9.98. The average Bonchev–Trinajstić information content (AvgIpc) is 3.27. The molecular weight excluding hydrogens is 489 g/mol. The molecule has 0 unspecified atom stereocenters. The van der Waals surface area contributed by atoms with Crippen molar-refractivity contribution in [1.82, 2.24) is 25.0 Å². The van der Waals surface area contributed by atoms with Gasteiger partial charge < -0.3 is 25.3 Å². The number of phenols is 2. The van der Waals surface area contributed by atoms with E-state index in [2.05, 4.69) is 27.0 Å². The molecule has 0 bridgehead atoms. The van der Waals surface area contributed by atoms with Crippen LogP contribution < -0.4 is 10.2 Å². The number of hydrogen-bond donors (Lipinski definition) is 3. The third-order valence-corrected chi connectivity index (χ3v) is 6.30. The van der Waals surface area contributed by atoms with E-state index in [0.29, 0.717) is 11.3 Å². The molecule has 0 aliphatic carbocycles. The molecule has 0 saturated carbocycles. The fourth-order valence-corrected chi connectivity index (χ4v) is 4.22. The number of likely N-dealkylation sites (N-methyl/N-ethyl adjacent to an activating group) is 1. The summed E-state index contributed by atoms with van der Waals surface area (Å²) in [4.78, 5) is 17.2. The molecule has 0 atom stereocenters. The number of nitrogens with zero attached hydrogens (tertiary/aromatic N) is 5. The number of anilines is 1. The first kappa shape index (κ1) is 26.3. The first-order chi connectivity index (χ1) is 17.4. The zero-order chi connectivity index (χ0) is 26.9. The monoisotopic (exact) mass is 518 g/mol. The van der Waals surface area contributed by atoms with Crippen LogP contribution in [-0.4, -0.2) is 81.7 Å². The number of phenolic OH excluding ortho intramolecular Hbond substituents is 2. The van der Waals surface area contributed by atoms with Gasteiger partial charge in [-0.1, -0.05) is 13.8 Å². The van der Waals surface area contributed by atoms with Gasteiger partial charge in [-0.2, -0.15) is 13.2 Å². The molecule has 1 amide bonds. The molecule has 1 fully saturated rings. The van der Waals surface area contributed by atoms with Gasteiger partial charge >= 0.3 is 6.18 Å². The van der Waals surface area contributed by atoms with Crippen LogP contribution in [0.2, 0.25) is 0 Å². The number of nitrogens with one attached hydrogen (secondary N) is 1. The quantitative estimate of drug-likeness (QED) is 0.459. The minimum absolute atomic E-state index is 0.0453. The van der Waals surface area contributed by atoms with Crippen molar-refractivity contribution >= 4 is 11.6 Å². The summed E-state index contributed by atoms with van der Waals surface area (Å²) in [7, 11) is 2.06. The molecule has 12 heteroatoms. The first-order valence-electron chi connectivity index (χ1n) is 11.8. The summed E-state index contributed by atoms with van der Waals surface area (Å²) in [6.45, 7) is 5.70. The number of carbonyl (C=O) groups excluding carboxylic acids is 1. The van der Waals surface area contributed by atoms with Crippen LogP contribution >= 0.6 is 0 Å². The Balaban J connectivity index is 1.78. The summed E-state index contributed by atoms with van der Waals surface area (Å²) in [6.07, 6.45) is -4.60. The zero-order valence-electron chi connectivity index (χ0n) is 20.7. The Bertz CT molecular complexity index is 1270. The van der Waals surface area contributed by atoms with Gasteiger partial charge in [0.2, 0.25) is 5.82 Å². The van der Waals surface area contributed by atoms with Crippen LogP contribution in [0.5, 0.6) is 11.5 Å². The molecule has 0 spiro atoms. The third kappa shape index (κ3) is 5.79. The van der Waals surface area contributed by atoms with E-state index in [1.54, 1.807) is 12.1 Å². The van der Waals surface area contributed by atoms with Crippen molar-refractivity contribution in [3.63, 3.8) is 0 Å². The van der Waals surface area contributed by atoms with Gasteiger partial charge in [0.1, 0.15) is 18.0 Å². The number of halogens is 3. The number of rotatable bonds is 6. The SMILES string of the molecule is CC(C)c1cc(-c2nnc(C(=O)NCC(F)(F)F)n2-c2ccc(N3CCN(C)CC3)cc2)c(O)cc1O. The Kier molecular flexibility index (Phi) is 7.30. The summed E-state index contributed by atoms with van der Waals surface area (Å²) in [5.41, 5.74) is 2.08. The van der Waals surface area contributed by atoms with Gasteiger partial charge in [0, 0.05) is 43.6 Å².